The second-order valence-corrected chi connectivity index (χ2v) is 4.76. The summed E-state index contributed by atoms with van der Waals surface area (Å²) in [6.45, 7) is 4.27. The van der Waals surface area contributed by atoms with Gasteiger partial charge in [0.25, 0.3) is 0 Å². The molecule has 0 unspecified atom stereocenters. The molecule has 18 heavy (non-hydrogen) atoms. The van der Waals surface area contributed by atoms with E-state index in [0.29, 0.717) is 16.8 Å². The minimum atomic E-state index is 0.348. The van der Waals surface area contributed by atoms with E-state index in [9.17, 15) is 0 Å². The van der Waals surface area contributed by atoms with Crippen LogP contribution in [0.15, 0.2) is 28.8 Å². The zero-order chi connectivity index (χ0) is 13.1. The van der Waals surface area contributed by atoms with Gasteiger partial charge in [0.2, 0.25) is 0 Å². The van der Waals surface area contributed by atoms with Gasteiger partial charge in [0.05, 0.1) is 5.56 Å². The number of benzene rings is 1. The first kappa shape index (κ1) is 13.0. The summed E-state index contributed by atoms with van der Waals surface area (Å²) in [4.78, 5) is 0. The largest absolute Gasteiger partial charge is 0.380 e. The summed E-state index contributed by atoms with van der Waals surface area (Å²) >= 11 is 5.90. The van der Waals surface area contributed by atoms with Crippen LogP contribution in [-0.2, 0) is 0 Å². The van der Waals surface area contributed by atoms with Gasteiger partial charge in [-0.05, 0) is 30.5 Å². The Hall–Kier alpha value is -1.48. The van der Waals surface area contributed by atoms with Gasteiger partial charge in [-0.15, -0.1) is 0 Å². The molecule has 0 saturated heterocycles. The summed E-state index contributed by atoms with van der Waals surface area (Å²) in [5.74, 6) is 1.67. The highest BCUT2D eigenvalue weighted by Gasteiger charge is 2.21. The standard InChI is InChI=1S/C14H17ClN2O/c1-3-9(4-2)13-12(14(16)17-18-13)10-5-7-11(15)8-6-10/h5-9H,3-4H2,1-2H3,(H2,16,17). The van der Waals surface area contributed by atoms with Gasteiger partial charge in [-0.1, -0.05) is 42.7 Å². The van der Waals surface area contributed by atoms with E-state index in [2.05, 4.69) is 19.0 Å². The Bertz CT molecular complexity index is 515. The van der Waals surface area contributed by atoms with Gasteiger partial charge in [-0.3, -0.25) is 0 Å². The van der Waals surface area contributed by atoms with Crippen LogP contribution in [0.4, 0.5) is 5.82 Å². The molecule has 2 rings (SSSR count). The van der Waals surface area contributed by atoms with Crippen LogP contribution in [0.1, 0.15) is 38.4 Å². The van der Waals surface area contributed by atoms with Crippen molar-refractivity contribution in [1.29, 1.82) is 0 Å². The Labute approximate surface area is 112 Å². The number of nitrogens with two attached hydrogens (primary N) is 1. The van der Waals surface area contributed by atoms with E-state index < -0.39 is 0 Å². The van der Waals surface area contributed by atoms with Crippen LogP contribution in [0, 0.1) is 0 Å². The lowest BCUT2D eigenvalue weighted by Crippen LogP contribution is -1.97. The van der Waals surface area contributed by atoms with E-state index in [1.54, 1.807) is 0 Å². The Morgan fingerprint density at radius 2 is 1.83 bits per heavy atom. The molecule has 2 N–H and O–H groups in total. The third-order valence-electron chi connectivity index (χ3n) is 3.23. The molecule has 1 heterocycles. The molecule has 0 bridgehead atoms. The molecule has 0 saturated carbocycles. The minimum Gasteiger partial charge on any atom is -0.380 e. The fourth-order valence-electron chi connectivity index (χ4n) is 2.16. The summed E-state index contributed by atoms with van der Waals surface area (Å²) in [5.41, 5.74) is 7.82. The Balaban J connectivity index is 2.49. The smallest absolute Gasteiger partial charge is 0.175 e. The topological polar surface area (TPSA) is 52.0 Å². The molecule has 1 aromatic carbocycles. The third-order valence-corrected chi connectivity index (χ3v) is 3.49. The Morgan fingerprint density at radius 3 is 2.39 bits per heavy atom. The van der Waals surface area contributed by atoms with Crippen molar-refractivity contribution in [3.63, 3.8) is 0 Å². The normalized spacial score (nSPS) is 11.1. The molecule has 0 spiro atoms. The summed E-state index contributed by atoms with van der Waals surface area (Å²) in [5, 5.41) is 4.61. The zero-order valence-corrected chi connectivity index (χ0v) is 11.4. The van der Waals surface area contributed by atoms with Gasteiger partial charge in [-0.2, -0.15) is 0 Å². The molecule has 0 fully saturated rings. The molecular weight excluding hydrogens is 248 g/mol. The highest BCUT2D eigenvalue weighted by atomic mass is 35.5. The molecule has 3 nitrogen and oxygen atoms in total. The van der Waals surface area contributed by atoms with Crippen molar-refractivity contribution in [2.24, 2.45) is 0 Å². The lowest BCUT2D eigenvalue weighted by molar-refractivity contribution is 0.356. The Kier molecular flexibility index (Phi) is 3.92. The van der Waals surface area contributed by atoms with Crippen molar-refractivity contribution in [2.45, 2.75) is 32.6 Å². The molecular formula is C14H17ClN2O. The first-order chi connectivity index (χ1) is 8.67. The van der Waals surface area contributed by atoms with Crippen LogP contribution < -0.4 is 5.73 Å². The van der Waals surface area contributed by atoms with Crippen molar-refractivity contribution in [1.82, 2.24) is 5.16 Å². The van der Waals surface area contributed by atoms with Gasteiger partial charge in [0, 0.05) is 10.9 Å². The maximum absolute atomic E-state index is 5.92. The van der Waals surface area contributed by atoms with Crippen LogP contribution in [-0.4, -0.2) is 5.16 Å². The fraction of sp³-hybridized carbons (Fsp3) is 0.357. The van der Waals surface area contributed by atoms with Crippen LogP contribution in [0.25, 0.3) is 11.1 Å². The van der Waals surface area contributed by atoms with Crippen molar-refractivity contribution in [3.8, 4) is 11.1 Å². The molecule has 4 heteroatoms. The maximum atomic E-state index is 5.92. The highest BCUT2D eigenvalue weighted by Crippen LogP contribution is 2.37. The molecule has 0 aliphatic heterocycles. The first-order valence-electron chi connectivity index (χ1n) is 6.18. The monoisotopic (exact) mass is 264 g/mol. The molecule has 1 aromatic heterocycles. The summed E-state index contributed by atoms with van der Waals surface area (Å²) in [6.07, 6.45) is 2.01. The lowest BCUT2D eigenvalue weighted by Gasteiger charge is -2.10. The first-order valence-corrected chi connectivity index (χ1v) is 6.56. The summed E-state index contributed by atoms with van der Waals surface area (Å²) in [7, 11) is 0. The van der Waals surface area contributed by atoms with E-state index in [4.69, 9.17) is 21.9 Å². The summed E-state index contributed by atoms with van der Waals surface area (Å²) < 4.78 is 5.42. The molecule has 0 amide bonds. The number of hydrogen-bond acceptors (Lipinski definition) is 3. The second kappa shape index (κ2) is 5.44. The number of nitrogens with zero attached hydrogens (tertiary/aromatic N) is 1. The van der Waals surface area contributed by atoms with Crippen molar-refractivity contribution in [2.75, 3.05) is 5.73 Å². The minimum absolute atomic E-state index is 0.348. The van der Waals surface area contributed by atoms with E-state index in [1.807, 2.05) is 24.3 Å². The van der Waals surface area contributed by atoms with Crippen molar-refractivity contribution >= 4 is 17.4 Å². The number of aromatic nitrogens is 1. The van der Waals surface area contributed by atoms with E-state index in [1.165, 1.54) is 0 Å². The molecule has 0 aliphatic carbocycles. The number of hydrogen-bond donors (Lipinski definition) is 1. The summed E-state index contributed by atoms with van der Waals surface area (Å²) in [6, 6.07) is 7.58. The Morgan fingerprint density at radius 1 is 1.22 bits per heavy atom. The second-order valence-electron chi connectivity index (χ2n) is 4.33. The predicted octanol–water partition coefficient (Wildman–Crippen LogP) is 4.48. The number of anilines is 1. The van der Waals surface area contributed by atoms with Gasteiger partial charge < -0.3 is 10.3 Å². The lowest BCUT2D eigenvalue weighted by atomic mass is 9.94. The fourth-order valence-corrected chi connectivity index (χ4v) is 2.29. The number of nitrogen functional groups attached to an aromatic ring is 1. The van der Waals surface area contributed by atoms with Crippen LogP contribution in [0.3, 0.4) is 0 Å². The molecule has 96 valence electrons. The average molecular weight is 265 g/mol. The van der Waals surface area contributed by atoms with Crippen molar-refractivity contribution in [3.05, 3.63) is 35.0 Å². The van der Waals surface area contributed by atoms with Gasteiger partial charge in [0.1, 0.15) is 5.76 Å². The third kappa shape index (κ3) is 2.36. The highest BCUT2D eigenvalue weighted by molar-refractivity contribution is 6.30. The van der Waals surface area contributed by atoms with Crippen LogP contribution >= 0.6 is 11.6 Å². The molecule has 0 aliphatic rings. The zero-order valence-electron chi connectivity index (χ0n) is 10.6. The quantitative estimate of drug-likeness (QED) is 0.886. The maximum Gasteiger partial charge on any atom is 0.175 e. The van der Waals surface area contributed by atoms with Gasteiger partial charge >= 0.3 is 0 Å². The van der Waals surface area contributed by atoms with Crippen LogP contribution in [0.2, 0.25) is 5.02 Å². The van der Waals surface area contributed by atoms with Gasteiger partial charge in [0.15, 0.2) is 5.82 Å². The van der Waals surface area contributed by atoms with E-state index in [0.717, 1.165) is 29.7 Å². The predicted molar refractivity (Wildman–Crippen MR) is 74.7 cm³/mol. The number of rotatable bonds is 4. The average Bonchev–Trinajstić information content (AvgIpc) is 2.74. The number of halogens is 1. The van der Waals surface area contributed by atoms with Gasteiger partial charge in [-0.25, -0.2) is 0 Å². The van der Waals surface area contributed by atoms with E-state index >= 15 is 0 Å². The van der Waals surface area contributed by atoms with Crippen LogP contribution in [0.5, 0.6) is 0 Å². The van der Waals surface area contributed by atoms with Crippen molar-refractivity contribution < 1.29 is 4.52 Å². The molecule has 0 radical (unpaired) electrons. The SMILES string of the molecule is CCC(CC)c1onc(N)c1-c1ccc(Cl)cc1. The molecule has 0 atom stereocenters. The van der Waals surface area contributed by atoms with E-state index in [-0.39, 0.29) is 0 Å². The molecule has 2 aromatic rings.